The molecule has 128 valence electrons. The van der Waals surface area contributed by atoms with Crippen LogP contribution in [0.5, 0.6) is 0 Å². The van der Waals surface area contributed by atoms with Gasteiger partial charge in [-0.25, -0.2) is 13.6 Å². The van der Waals surface area contributed by atoms with E-state index in [2.05, 4.69) is 15.0 Å². The second-order valence-electron chi connectivity index (χ2n) is 4.82. The average molecular weight is 396 g/mol. The Labute approximate surface area is 154 Å². The van der Waals surface area contributed by atoms with E-state index >= 15 is 0 Å². The molecule has 0 radical (unpaired) electrons. The maximum absolute atomic E-state index is 13.2. The van der Waals surface area contributed by atoms with Crippen LogP contribution in [0.2, 0.25) is 5.02 Å². The molecular formula is C16H11ClFN3O2S2. The van der Waals surface area contributed by atoms with Crippen LogP contribution in [0.3, 0.4) is 0 Å². The fourth-order valence-electron chi connectivity index (χ4n) is 1.92. The van der Waals surface area contributed by atoms with E-state index in [1.165, 1.54) is 47.9 Å². The number of benzene rings is 1. The van der Waals surface area contributed by atoms with Gasteiger partial charge in [0.2, 0.25) is 0 Å². The van der Waals surface area contributed by atoms with Crippen molar-refractivity contribution in [2.24, 2.45) is 0 Å². The zero-order valence-corrected chi connectivity index (χ0v) is 14.9. The lowest BCUT2D eigenvalue weighted by molar-refractivity contribution is 0.102. The van der Waals surface area contributed by atoms with E-state index in [1.807, 2.05) is 5.38 Å². The number of carbonyl (C=O) groups excluding carboxylic acids is 1. The number of hydrogen-bond donors (Lipinski definition) is 2. The normalized spacial score (nSPS) is 11.8. The van der Waals surface area contributed by atoms with Crippen LogP contribution in [0.1, 0.15) is 10.4 Å². The number of nitrogens with zero attached hydrogens (tertiary/aromatic N) is 1. The molecule has 1 atom stereocenters. The summed E-state index contributed by atoms with van der Waals surface area (Å²) in [5.74, 6) is -0.683. The summed E-state index contributed by atoms with van der Waals surface area (Å²) in [6.07, 6.45) is 1.43. The summed E-state index contributed by atoms with van der Waals surface area (Å²) in [6.45, 7) is 0. The third-order valence-corrected chi connectivity index (χ3v) is 5.66. The maximum Gasteiger partial charge on any atom is 0.255 e. The average Bonchev–Trinajstić information content (AvgIpc) is 3.13. The second kappa shape index (κ2) is 7.73. The molecule has 0 bridgehead atoms. The summed E-state index contributed by atoms with van der Waals surface area (Å²) in [7, 11) is -1.45. The van der Waals surface area contributed by atoms with Crippen molar-refractivity contribution in [1.82, 2.24) is 4.98 Å². The highest BCUT2D eigenvalue weighted by atomic mass is 35.5. The maximum atomic E-state index is 13.2. The third kappa shape index (κ3) is 4.41. The SMILES string of the molecule is O=C(Nc1ccc(F)c(Cl)c1)c1ccnc(NS(=O)c2cccs2)c1. The van der Waals surface area contributed by atoms with E-state index < -0.39 is 22.7 Å². The molecule has 0 saturated carbocycles. The van der Waals surface area contributed by atoms with Gasteiger partial charge >= 0.3 is 0 Å². The van der Waals surface area contributed by atoms with E-state index in [0.29, 0.717) is 21.3 Å². The lowest BCUT2D eigenvalue weighted by atomic mass is 10.2. The first-order valence-corrected chi connectivity index (χ1v) is 9.38. The number of thiophene rings is 1. The molecule has 0 aliphatic carbocycles. The lowest BCUT2D eigenvalue weighted by Crippen LogP contribution is -2.13. The highest BCUT2D eigenvalue weighted by Gasteiger charge is 2.11. The smallest absolute Gasteiger partial charge is 0.255 e. The number of rotatable bonds is 5. The van der Waals surface area contributed by atoms with Crippen LogP contribution in [0.15, 0.2) is 58.3 Å². The van der Waals surface area contributed by atoms with E-state index in [9.17, 15) is 13.4 Å². The Morgan fingerprint density at radius 3 is 2.80 bits per heavy atom. The highest BCUT2D eigenvalue weighted by Crippen LogP contribution is 2.21. The van der Waals surface area contributed by atoms with Crippen molar-refractivity contribution < 1.29 is 13.4 Å². The lowest BCUT2D eigenvalue weighted by Gasteiger charge is -2.08. The van der Waals surface area contributed by atoms with Crippen LogP contribution in [-0.2, 0) is 11.0 Å². The molecule has 1 unspecified atom stereocenters. The fraction of sp³-hybridized carbons (Fsp3) is 0. The number of halogens is 2. The molecule has 0 aliphatic heterocycles. The minimum Gasteiger partial charge on any atom is -0.322 e. The number of aromatic nitrogens is 1. The molecule has 2 aromatic heterocycles. The molecule has 2 heterocycles. The van der Waals surface area contributed by atoms with Gasteiger partial charge in [-0.3, -0.25) is 9.52 Å². The largest absolute Gasteiger partial charge is 0.322 e. The zero-order chi connectivity index (χ0) is 17.8. The minimum atomic E-state index is -1.45. The Morgan fingerprint density at radius 1 is 1.24 bits per heavy atom. The van der Waals surface area contributed by atoms with Crippen molar-refractivity contribution in [2.75, 3.05) is 10.0 Å². The second-order valence-corrected chi connectivity index (χ2v) is 7.61. The first-order chi connectivity index (χ1) is 12.0. The van der Waals surface area contributed by atoms with Crippen LogP contribution < -0.4 is 10.0 Å². The van der Waals surface area contributed by atoms with Crippen molar-refractivity contribution in [3.05, 3.63) is 70.4 Å². The summed E-state index contributed by atoms with van der Waals surface area (Å²) >= 11 is 7.05. The molecule has 0 aliphatic rings. The Hall–Kier alpha value is -2.29. The molecule has 5 nitrogen and oxygen atoms in total. The highest BCUT2D eigenvalue weighted by molar-refractivity contribution is 7.88. The molecule has 0 saturated heterocycles. The van der Waals surface area contributed by atoms with Crippen molar-refractivity contribution in [3.8, 4) is 0 Å². The molecule has 9 heteroatoms. The van der Waals surface area contributed by atoms with Gasteiger partial charge in [-0.1, -0.05) is 17.7 Å². The van der Waals surface area contributed by atoms with Crippen LogP contribution >= 0.6 is 22.9 Å². The molecule has 0 spiro atoms. The topological polar surface area (TPSA) is 71.1 Å². The first kappa shape index (κ1) is 17.5. The molecule has 25 heavy (non-hydrogen) atoms. The predicted octanol–water partition coefficient (Wildman–Crippen LogP) is 4.32. The van der Waals surface area contributed by atoms with Gasteiger partial charge < -0.3 is 5.32 Å². The van der Waals surface area contributed by atoms with Crippen LogP contribution in [0, 0.1) is 5.82 Å². The third-order valence-electron chi connectivity index (χ3n) is 3.07. The van der Waals surface area contributed by atoms with Gasteiger partial charge in [0, 0.05) is 17.4 Å². The van der Waals surface area contributed by atoms with Gasteiger partial charge in [-0.2, -0.15) is 0 Å². The number of hydrogen-bond acceptors (Lipinski definition) is 4. The van der Waals surface area contributed by atoms with E-state index in [4.69, 9.17) is 11.6 Å². The molecule has 3 aromatic rings. The fourth-order valence-corrected chi connectivity index (χ4v) is 3.79. The monoisotopic (exact) mass is 395 g/mol. The van der Waals surface area contributed by atoms with Crippen molar-refractivity contribution in [1.29, 1.82) is 0 Å². The predicted molar refractivity (Wildman–Crippen MR) is 98.0 cm³/mol. The Morgan fingerprint density at radius 2 is 2.08 bits per heavy atom. The van der Waals surface area contributed by atoms with E-state index in [0.717, 1.165) is 0 Å². The van der Waals surface area contributed by atoms with Crippen molar-refractivity contribution >= 4 is 51.3 Å². The number of amides is 1. The van der Waals surface area contributed by atoms with Gasteiger partial charge in [-0.15, -0.1) is 11.3 Å². The molecule has 1 aromatic carbocycles. The first-order valence-electron chi connectivity index (χ1n) is 6.97. The van der Waals surface area contributed by atoms with Gasteiger partial charge in [0.05, 0.1) is 5.02 Å². The van der Waals surface area contributed by atoms with Gasteiger partial charge in [0.1, 0.15) is 15.8 Å². The summed E-state index contributed by atoms with van der Waals surface area (Å²) in [4.78, 5) is 16.4. The molecule has 3 rings (SSSR count). The Bertz CT molecular complexity index is 935. The van der Waals surface area contributed by atoms with Gasteiger partial charge in [0.15, 0.2) is 11.0 Å². The molecule has 2 N–H and O–H groups in total. The van der Waals surface area contributed by atoms with Gasteiger partial charge in [0.25, 0.3) is 5.91 Å². The molecule has 1 amide bonds. The van der Waals surface area contributed by atoms with Crippen molar-refractivity contribution in [3.63, 3.8) is 0 Å². The summed E-state index contributed by atoms with van der Waals surface area (Å²) in [6, 6.07) is 10.4. The number of anilines is 2. The zero-order valence-electron chi connectivity index (χ0n) is 12.5. The van der Waals surface area contributed by atoms with Crippen LogP contribution in [-0.4, -0.2) is 15.1 Å². The number of nitrogens with one attached hydrogen (secondary N) is 2. The van der Waals surface area contributed by atoms with Crippen LogP contribution in [0.25, 0.3) is 0 Å². The standard InChI is InChI=1S/C16H11ClFN3O2S2/c17-12-9-11(3-4-13(12)18)20-16(22)10-5-6-19-14(8-10)21-25(23)15-2-1-7-24-15/h1-9H,(H,19,21)(H,20,22). The Balaban J connectivity index is 1.73. The van der Waals surface area contributed by atoms with Gasteiger partial charge in [-0.05, 0) is 41.8 Å². The van der Waals surface area contributed by atoms with Crippen LogP contribution in [0.4, 0.5) is 15.9 Å². The minimum absolute atomic E-state index is 0.0822. The molecule has 0 fully saturated rings. The summed E-state index contributed by atoms with van der Waals surface area (Å²) in [5, 5.41) is 4.35. The molecular weight excluding hydrogens is 385 g/mol. The van der Waals surface area contributed by atoms with E-state index in [1.54, 1.807) is 12.1 Å². The summed E-state index contributed by atoms with van der Waals surface area (Å²) in [5.41, 5.74) is 0.672. The Kier molecular flexibility index (Phi) is 5.42. The van der Waals surface area contributed by atoms with E-state index in [-0.39, 0.29) is 5.02 Å². The van der Waals surface area contributed by atoms with Crippen molar-refractivity contribution in [2.45, 2.75) is 4.21 Å². The number of carbonyl (C=O) groups is 1. The number of pyridine rings is 1. The quantitative estimate of drug-likeness (QED) is 0.675. The summed E-state index contributed by atoms with van der Waals surface area (Å²) < 4.78 is 28.7.